The van der Waals surface area contributed by atoms with Gasteiger partial charge in [-0.1, -0.05) is 19.1 Å². The molecule has 1 unspecified atom stereocenters. The molecular weight excluding hydrogens is 403 g/mol. The Morgan fingerprint density at radius 3 is 2.87 bits per heavy atom. The second-order valence-corrected chi connectivity index (χ2v) is 7.80. The van der Waals surface area contributed by atoms with Crippen LogP contribution in [0.25, 0.3) is 16.6 Å². The van der Waals surface area contributed by atoms with E-state index < -0.39 is 11.4 Å². The van der Waals surface area contributed by atoms with E-state index in [2.05, 4.69) is 22.1 Å². The number of likely N-dealkylation sites (tertiary alicyclic amines) is 1. The van der Waals surface area contributed by atoms with Gasteiger partial charge in [-0.15, -0.1) is 0 Å². The molecule has 0 aliphatic carbocycles. The molecule has 0 bridgehead atoms. The first-order valence-electron chi connectivity index (χ1n) is 10.1. The number of hydrogen-bond acceptors (Lipinski definition) is 4. The molecule has 30 heavy (non-hydrogen) atoms. The number of para-hydroxylation sites is 1. The van der Waals surface area contributed by atoms with E-state index in [0.29, 0.717) is 29.1 Å². The molecule has 1 amide bonds. The van der Waals surface area contributed by atoms with Gasteiger partial charge in [0.05, 0.1) is 16.6 Å². The molecular formula is C22H23FN4O2S. The molecule has 6 nitrogen and oxygen atoms in total. The summed E-state index contributed by atoms with van der Waals surface area (Å²) < 4.78 is 15.4. The van der Waals surface area contributed by atoms with Crippen molar-refractivity contribution < 1.29 is 9.18 Å². The van der Waals surface area contributed by atoms with Crippen LogP contribution in [0.5, 0.6) is 0 Å². The summed E-state index contributed by atoms with van der Waals surface area (Å²) >= 11 is 5.30. The van der Waals surface area contributed by atoms with Crippen molar-refractivity contribution in [3.63, 3.8) is 0 Å². The maximum Gasteiger partial charge on any atom is 0.266 e. The molecule has 2 aromatic carbocycles. The number of nitrogens with zero attached hydrogens (tertiary/aromatic N) is 2. The lowest BCUT2D eigenvalue weighted by molar-refractivity contribution is 0.0941. The third-order valence-corrected chi connectivity index (χ3v) is 5.94. The molecule has 0 saturated carbocycles. The SMILES string of the molecule is CCN1CCCC1CNC(=O)c1ccc2c(=O)n(-c3ccccc3F)c(=S)[nH]c2c1. The van der Waals surface area contributed by atoms with Gasteiger partial charge in [-0.2, -0.15) is 0 Å². The number of halogens is 1. The van der Waals surface area contributed by atoms with E-state index in [0.717, 1.165) is 30.5 Å². The number of carbonyl (C=O) groups is 1. The summed E-state index contributed by atoms with van der Waals surface area (Å²) in [6.45, 7) is 4.76. The highest BCUT2D eigenvalue weighted by atomic mass is 32.1. The van der Waals surface area contributed by atoms with Gasteiger partial charge in [-0.3, -0.25) is 14.5 Å². The van der Waals surface area contributed by atoms with Gasteiger partial charge in [0.2, 0.25) is 0 Å². The largest absolute Gasteiger partial charge is 0.350 e. The molecule has 1 aliphatic heterocycles. The fraction of sp³-hybridized carbons (Fsp3) is 0.318. The molecule has 1 saturated heterocycles. The number of rotatable bonds is 5. The second-order valence-electron chi connectivity index (χ2n) is 7.42. The van der Waals surface area contributed by atoms with Crippen molar-refractivity contribution >= 4 is 29.0 Å². The van der Waals surface area contributed by atoms with Gasteiger partial charge in [-0.25, -0.2) is 8.96 Å². The van der Waals surface area contributed by atoms with E-state index in [9.17, 15) is 14.0 Å². The van der Waals surface area contributed by atoms with Gasteiger partial charge in [0.25, 0.3) is 11.5 Å². The Bertz CT molecular complexity index is 1220. The average molecular weight is 427 g/mol. The summed E-state index contributed by atoms with van der Waals surface area (Å²) in [6.07, 6.45) is 2.23. The number of aromatic nitrogens is 2. The van der Waals surface area contributed by atoms with Crippen LogP contribution in [0.3, 0.4) is 0 Å². The first-order chi connectivity index (χ1) is 14.5. The van der Waals surface area contributed by atoms with Crippen LogP contribution in [-0.4, -0.2) is 46.0 Å². The lowest BCUT2D eigenvalue weighted by Crippen LogP contribution is -2.40. The summed E-state index contributed by atoms with van der Waals surface area (Å²) in [7, 11) is 0. The van der Waals surface area contributed by atoms with Crippen molar-refractivity contribution in [3.8, 4) is 5.69 Å². The van der Waals surface area contributed by atoms with Gasteiger partial charge in [0.15, 0.2) is 4.77 Å². The summed E-state index contributed by atoms with van der Waals surface area (Å²) in [5, 5.41) is 3.32. The number of amides is 1. The van der Waals surface area contributed by atoms with Crippen LogP contribution >= 0.6 is 12.2 Å². The molecule has 1 aromatic heterocycles. The third-order valence-electron chi connectivity index (χ3n) is 5.66. The van der Waals surface area contributed by atoms with Crippen LogP contribution in [0.2, 0.25) is 0 Å². The third kappa shape index (κ3) is 3.80. The van der Waals surface area contributed by atoms with Gasteiger partial charge < -0.3 is 10.3 Å². The van der Waals surface area contributed by atoms with Crippen molar-refractivity contribution in [2.75, 3.05) is 19.6 Å². The van der Waals surface area contributed by atoms with E-state index in [1.807, 2.05) is 0 Å². The minimum absolute atomic E-state index is 0.0692. The zero-order valence-corrected chi connectivity index (χ0v) is 17.5. The number of nitrogens with one attached hydrogen (secondary N) is 2. The van der Waals surface area contributed by atoms with Crippen molar-refractivity contribution in [3.05, 3.63) is 69.0 Å². The molecule has 0 radical (unpaired) electrons. The minimum Gasteiger partial charge on any atom is -0.350 e. The van der Waals surface area contributed by atoms with Gasteiger partial charge in [0, 0.05) is 18.2 Å². The quantitative estimate of drug-likeness (QED) is 0.614. The monoisotopic (exact) mass is 426 g/mol. The van der Waals surface area contributed by atoms with Crippen LogP contribution < -0.4 is 10.9 Å². The standard InChI is InChI=1S/C22H23FN4O2S/c1-2-26-11-5-6-15(26)13-24-20(28)14-9-10-16-18(12-14)25-22(30)27(21(16)29)19-8-4-3-7-17(19)23/h3-4,7-10,12,15H,2,5-6,11,13H2,1H3,(H,24,28)(H,25,30). The second kappa shape index (κ2) is 8.49. The molecule has 2 N–H and O–H groups in total. The maximum atomic E-state index is 14.2. The van der Waals surface area contributed by atoms with Gasteiger partial charge >= 0.3 is 0 Å². The predicted molar refractivity (Wildman–Crippen MR) is 117 cm³/mol. The molecule has 4 rings (SSSR count). The Hall–Kier alpha value is -2.84. The summed E-state index contributed by atoms with van der Waals surface area (Å²) in [6, 6.07) is 11.1. The Kier molecular flexibility index (Phi) is 5.78. The highest BCUT2D eigenvalue weighted by molar-refractivity contribution is 7.71. The summed E-state index contributed by atoms with van der Waals surface area (Å²) in [5.41, 5.74) is 0.540. The minimum atomic E-state index is -0.539. The van der Waals surface area contributed by atoms with E-state index in [4.69, 9.17) is 12.2 Å². The van der Waals surface area contributed by atoms with Crippen molar-refractivity contribution in [2.24, 2.45) is 0 Å². The first kappa shape index (κ1) is 20.4. The Morgan fingerprint density at radius 1 is 1.30 bits per heavy atom. The lowest BCUT2D eigenvalue weighted by Gasteiger charge is -2.22. The summed E-state index contributed by atoms with van der Waals surface area (Å²) in [4.78, 5) is 30.9. The van der Waals surface area contributed by atoms with E-state index in [-0.39, 0.29) is 16.4 Å². The molecule has 156 valence electrons. The van der Waals surface area contributed by atoms with E-state index in [1.165, 1.54) is 12.1 Å². The van der Waals surface area contributed by atoms with Crippen LogP contribution in [0.1, 0.15) is 30.1 Å². The zero-order chi connectivity index (χ0) is 21.3. The molecule has 1 aliphatic rings. The summed E-state index contributed by atoms with van der Waals surface area (Å²) in [5.74, 6) is -0.736. The number of carbonyl (C=O) groups excluding carboxylic acids is 1. The first-order valence-corrected chi connectivity index (χ1v) is 10.5. The maximum absolute atomic E-state index is 14.2. The predicted octanol–water partition coefficient (Wildman–Crippen LogP) is 3.40. The van der Waals surface area contributed by atoms with Crippen LogP contribution in [0, 0.1) is 10.6 Å². The molecule has 2 heterocycles. The van der Waals surface area contributed by atoms with E-state index >= 15 is 0 Å². The Balaban J connectivity index is 1.63. The lowest BCUT2D eigenvalue weighted by atomic mass is 10.1. The van der Waals surface area contributed by atoms with Gasteiger partial charge in [0.1, 0.15) is 5.82 Å². The Labute approximate surface area is 178 Å². The van der Waals surface area contributed by atoms with Crippen LogP contribution in [0.15, 0.2) is 47.3 Å². The number of fused-ring (bicyclic) bond motifs is 1. The van der Waals surface area contributed by atoms with Crippen molar-refractivity contribution in [2.45, 2.75) is 25.8 Å². The number of benzene rings is 2. The molecule has 8 heteroatoms. The fourth-order valence-electron chi connectivity index (χ4n) is 4.07. The highest BCUT2D eigenvalue weighted by Gasteiger charge is 2.23. The smallest absolute Gasteiger partial charge is 0.266 e. The number of hydrogen-bond donors (Lipinski definition) is 2. The molecule has 1 fully saturated rings. The fourth-order valence-corrected chi connectivity index (χ4v) is 4.36. The normalized spacial score (nSPS) is 16.8. The molecule has 3 aromatic rings. The topological polar surface area (TPSA) is 70.1 Å². The van der Waals surface area contributed by atoms with Crippen LogP contribution in [0.4, 0.5) is 4.39 Å². The zero-order valence-electron chi connectivity index (χ0n) is 16.7. The van der Waals surface area contributed by atoms with Crippen molar-refractivity contribution in [1.82, 2.24) is 19.8 Å². The number of aromatic amines is 1. The highest BCUT2D eigenvalue weighted by Crippen LogP contribution is 2.17. The van der Waals surface area contributed by atoms with Crippen molar-refractivity contribution in [1.29, 1.82) is 0 Å². The number of likely N-dealkylation sites (N-methyl/N-ethyl adjacent to an activating group) is 1. The molecule has 0 spiro atoms. The van der Waals surface area contributed by atoms with Crippen LogP contribution in [-0.2, 0) is 0 Å². The van der Waals surface area contributed by atoms with E-state index in [1.54, 1.807) is 30.3 Å². The Morgan fingerprint density at radius 2 is 2.10 bits per heavy atom. The van der Waals surface area contributed by atoms with Gasteiger partial charge in [-0.05, 0) is 68.5 Å². The molecule has 1 atom stereocenters. The number of H-pyrrole nitrogens is 1. The average Bonchev–Trinajstić information content (AvgIpc) is 3.20.